The molecule has 1 N–H and O–H groups in total. The van der Waals surface area contributed by atoms with Gasteiger partial charge in [-0.25, -0.2) is 0 Å². The zero-order chi connectivity index (χ0) is 26.1. The van der Waals surface area contributed by atoms with E-state index in [1.165, 1.54) is 0 Å². The number of aliphatic hydroxyl groups is 1. The maximum Gasteiger partial charge on any atom is 0.312 e. The van der Waals surface area contributed by atoms with Crippen LogP contribution >= 0.6 is 0 Å². The Kier molecular flexibility index (Phi) is 8.92. The van der Waals surface area contributed by atoms with Gasteiger partial charge in [-0.2, -0.15) is 0 Å². The Morgan fingerprint density at radius 3 is 1.70 bits per heavy atom. The molecule has 1 aliphatic heterocycles. The minimum atomic E-state index is -0.839. The first-order valence-electron chi connectivity index (χ1n) is 12.2. The third-order valence-corrected chi connectivity index (χ3v) is 8.43. The highest BCUT2D eigenvalue weighted by molar-refractivity contribution is 5.79. The summed E-state index contributed by atoms with van der Waals surface area (Å²) in [5.74, 6) is -0.537. The van der Waals surface area contributed by atoms with Crippen LogP contribution in [0, 0.1) is 32.5 Å². The molecule has 1 saturated heterocycles. The van der Waals surface area contributed by atoms with Gasteiger partial charge in [0, 0.05) is 0 Å². The highest BCUT2D eigenvalue weighted by Crippen LogP contribution is 2.61. The summed E-state index contributed by atoms with van der Waals surface area (Å²) in [6.07, 6.45) is 1.16. The number of aliphatic hydroxyl groups excluding tert-OH is 1. The van der Waals surface area contributed by atoms with Crippen molar-refractivity contribution in [1.29, 1.82) is 0 Å². The molecule has 0 amide bonds. The van der Waals surface area contributed by atoms with Gasteiger partial charge in [-0.15, -0.1) is 0 Å². The van der Waals surface area contributed by atoms with E-state index in [0.717, 1.165) is 0 Å². The topological polar surface area (TPSA) is 85.4 Å². The molecule has 1 fully saturated rings. The number of carbonyl (C=O) groups is 2. The van der Waals surface area contributed by atoms with E-state index in [1.807, 2.05) is 13.8 Å². The zero-order valence-electron chi connectivity index (χ0n) is 23.3. The van der Waals surface area contributed by atoms with E-state index in [-0.39, 0.29) is 48.7 Å². The first-order valence-corrected chi connectivity index (χ1v) is 12.2. The van der Waals surface area contributed by atoms with Gasteiger partial charge in [0.1, 0.15) is 19.3 Å². The minimum Gasteiger partial charge on any atom is -0.463 e. The number of ether oxygens (including phenoxy) is 3. The van der Waals surface area contributed by atoms with Crippen LogP contribution in [-0.2, 0) is 23.8 Å². The van der Waals surface area contributed by atoms with Gasteiger partial charge in [0.05, 0.1) is 24.0 Å². The number of epoxide rings is 1. The molecule has 3 atom stereocenters. The van der Waals surface area contributed by atoms with Crippen LogP contribution in [0.3, 0.4) is 0 Å². The third kappa shape index (κ3) is 6.72. The van der Waals surface area contributed by atoms with E-state index in [0.29, 0.717) is 19.4 Å². The van der Waals surface area contributed by atoms with Crippen molar-refractivity contribution in [2.24, 2.45) is 32.5 Å². The Balaban J connectivity index is 3.40. The largest absolute Gasteiger partial charge is 0.463 e. The van der Waals surface area contributed by atoms with Gasteiger partial charge < -0.3 is 19.3 Å². The van der Waals surface area contributed by atoms with E-state index >= 15 is 0 Å². The lowest BCUT2D eigenvalue weighted by molar-refractivity contribution is -0.182. The SMILES string of the molecule is CC(C)(C)CC(C)(C(=O)OCCO)C(C)(C)C(C)(C)CC(C)(C(=O)OCC1CO1)C(C)(C)C. The lowest BCUT2D eigenvalue weighted by atomic mass is 9.47. The summed E-state index contributed by atoms with van der Waals surface area (Å²) in [7, 11) is 0. The maximum atomic E-state index is 13.4. The van der Waals surface area contributed by atoms with E-state index in [1.54, 1.807) is 0 Å². The predicted molar refractivity (Wildman–Crippen MR) is 131 cm³/mol. The quantitative estimate of drug-likeness (QED) is 0.321. The Morgan fingerprint density at radius 2 is 1.30 bits per heavy atom. The van der Waals surface area contributed by atoms with Gasteiger partial charge in [0.2, 0.25) is 0 Å². The second-order valence-electron chi connectivity index (χ2n) is 13.8. The Bertz CT molecular complexity index is 692. The van der Waals surface area contributed by atoms with Gasteiger partial charge in [-0.05, 0) is 48.3 Å². The Morgan fingerprint density at radius 1 is 0.818 bits per heavy atom. The highest BCUT2D eigenvalue weighted by atomic mass is 16.6. The number of carbonyl (C=O) groups excluding carboxylic acids is 2. The van der Waals surface area contributed by atoms with Crippen LogP contribution in [0.25, 0.3) is 0 Å². The normalized spacial score (nSPS) is 21.1. The molecular formula is C27H50O6. The molecule has 194 valence electrons. The average molecular weight is 471 g/mol. The summed E-state index contributed by atoms with van der Waals surface area (Å²) in [5, 5.41) is 9.24. The number of hydrogen-bond acceptors (Lipinski definition) is 6. The van der Waals surface area contributed by atoms with E-state index < -0.39 is 21.7 Å². The fourth-order valence-electron chi connectivity index (χ4n) is 4.89. The molecule has 0 aromatic heterocycles. The van der Waals surface area contributed by atoms with E-state index in [9.17, 15) is 14.7 Å². The molecule has 1 rings (SSSR count). The van der Waals surface area contributed by atoms with Crippen LogP contribution in [0.5, 0.6) is 0 Å². The van der Waals surface area contributed by atoms with Crippen LogP contribution in [0.2, 0.25) is 0 Å². The molecule has 0 aromatic rings. The van der Waals surface area contributed by atoms with Crippen molar-refractivity contribution in [3.63, 3.8) is 0 Å². The zero-order valence-corrected chi connectivity index (χ0v) is 23.3. The second-order valence-corrected chi connectivity index (χ2v) is 13.8. The van der Waals surface area contributed by atoms with Crippen LogP contribution in [-0.4, -0.2) is 49.6 Å². The van der Waals surface area contributed by atoms with Crippen molar-refractivity contribution >= 4 is 11.9 Å². The van der Waals surface area contributed by atoms with Crippen LogP contribution < -0.4 is 0 Å². The Hall–Kier alpha value is -1.14. The van der Waals surface area contributed by atoms with Gasteiger partial charge in [-0.3, -0.25) is 9.59 Å². The molecule has 0 bridgehead atoms. The molecule has 6 heteroatoms. The fraction of sp³-hybridized carbons (Fsp3) is 0.926. The van der Waals surface area contributed by atoms with Gasteiger partial charge in [0.15, 0.2) is 0 Å². The molecule has 0 aliphatic carbocycles. The molecule has 33 heavy (non-hydrogen) atoms. The molecule has 3 unspecified atom stereocenters. The summed E-state index contributed by atoms with van der Waals surface area (Å²) in [6, 6.07) is 0. The third-order valence-electron chi connectivity index (χ3n) is 8.43. The molecule has 0 spiro atoms. The molecule has 6 nitrogen and oxygen atoms in total. The molecule has 0 aromatic carbocycles. The lowest BCUT2D eigenvalue weighted by Crippen LogP contribution is -2.56. The highest BCUT2D eigenvalue weighted by Gasteiger charge is 2.60. The van der Waals surface area contributed by atoms with Crippen molar-refractivity contribution in [2.45, 2.75) is 102 Å². The first kappa shape index (κ1) is 29.9. The number of rotatable bonds is 11. The first-order chi connectivity index (χ1) is 14.6. The summed E-state index contributed by atoms with van der Waals surface area (Å²) < 4.78 is 16.4. The van der Waals surface area contributed by atoms with Gasteiger partial charge in [0.25, 0.3) is 0 Å². The average Bonchev–Trinajstić information content (AvgIpc) is 3.45. The summed E-state index contributed by atoms with van der Waals surface area (Å²) in [6.45, 7) is 25.6. The smallest absolute Gasteiger partial charge is 0.312 e. The summed E-state index contributed by atoms with van der Waals surface area (Å²) in [5.41, 5.74) is -3.10. The van der Waals surface area contributed by atoms with Crippen LogP contribution in [0.1, 0.15) is 95.9 Å². The summed E-state index contributed by atoms with van der Waals surface area (Å²) in [4.78, 5) is 26.8. The molecule has 1 aliphatic rings. The molecular weight excluding hydrogens is 420 g/mol. The number of esters is 2. The minimum absolute atomic E-state index is 0.0130. The lowest BCUT2D eigenvalue weighted by Gasteiger charge is -2.56. The van der Waals surface area contributed by atoms with Crippen molar-refractivity contribution < 1.29 is 28.9 Å². The molecule has 0 radical (unpaired) electrons. The van der Waals surface area contributed by atoms with Crippen LogP contribution in [0.4, 0.5) is 0 Å². The predicted octanol–water partition coefficient (Wildman–Crippen LogP) is 5.40. The van der Waals surface area contributed by atoms with Crippen molar-refractivity contribution in [3.8, 4) is 0 Å². The van der Waals surface area contributed by atoms with E-state index in [4.69, 9.17) is 14.2 Å². The maximum absolute atomic E-state index is 13.4. The standard InChI is InChI=1S/C27H50O6/c1-22(2,3)17-27(12,21(30)31-14-13-28)25(9,10)24(7,8)18-26(11,23(4,5)6)20(29)33-16-19-15-32-19/h19,28H,13-18H2,1-12H3. The van der Waals surface area contributed by atoms with E-state index in [2.05, 4.69) is 69.2 Å². The van der Waals surface area contributed by atoms with Crippen LogP contribution in [0.15, 0.2) is 0 Å². The molecule has 0 saturated carbocycles. The second kappa shape index (κ2) is 9.85. The molecule has 1 heterocycles. The monoisotopic (exact) mass is 470 g/mol. The fourth-order valence-corrected chi connectivity index (χ4v) is 4.89. The Labute approximate surface area is 202 Å². The van der Waals surface area contributed by atoms with Gasteiger partial charge >= 0.3 is 11.9 Å². The van der Waals surface area contributed by atoms with Crippen molar-refractivity contribution in [2.75, 3.05) is 26.4 Å². The van der Waals surface area contributed by atoms with Gasteiger partial charge in [-0.1, -0.05) is 69.2 Å². The van der Waals surface area contributed by atoms with Crippen molar-refractivity contribution in [1.82, 2.24) is 0 Å². The summed E-state index contributed by atoms with van der Waals surface area (Å²) >= 11 is 0. The van der Waals surface area contributed by atoms with Crippen molar-refractivity contribution in [3.05, 3.63) is 0 Å². The number of hydrogen-bond donors (Lipinski definition) is 1.